The first-order chi connectivity index (χ1) is 12.1. The molecule has 0 aliphatic carbocycles. The predicted molar refractivity (Wildman–Crippen MR) is 90.5 cm³/mol. The molecule has 0 radical (unpaired) electrons. The van der Waals surface area contributed by atoms with Gasteiger partial charge in [-0.05, 0) is 24.3 Å². The summed E-state index contributed by atoms with van der Waals surface area (Å²) in [6, 6.07) is 8.85. The highest BCUT2D eigenvalue weighted by atomic mass is 16.5. The van der Waals surface area contributed by atoms with E-state index in [-0.39, 0.29) is 6.42 Å². The second-order valence-electron chi connectivity index (χ2n) is 5.18. The molecule has 2 heterocycles. The van der Waals surface area contributed by atoms with Gasteiger partial charge in [-0.15, -0.1) is 0 Å². The number of hydrogen-bond acceptors (Lipinski definition) is 6. The maximum atomic E-state index is 10.9. The molecule has 0 fully saturated rings. The fourth-order valence-electron chi connectivity index (χ4n) is 2.41. The number of carboxylic acids is 1. The molecule has 0 saturated carbocycles. The first-order valence-corrected chi connectivity index (χ1v) is 7.46. The van der Waals surface area contributed by atoms with E-state index < -0.39 is 5.97 Å². The van der Waals surface area contributed by atoms with Gasteiger partial charge >= 0.3 is 5.97 Å². The van der Waals surface area contributed by atoms with E-state index in [2.05, 4.69) is 9.97 Å². The highest BCUT2D eigenvalue weighted by Gasteiger charge is 2.12. The molecule has 1 aromatic carbocycles. The van der Waals surface area contributed by atoms with Crippen LogP contribution in [0.25, 0.3) is 10.9 Å². The normalized spacial score (nSPS) is 10.5. The van der Waals surface area contributed by atoms with Crippen molar-refractivity contribution in [3.8, 4) is 23.0 Å². The van der Waals surface area contributed by atoms with Gasteiger partial charge in [0.25, 0.3) is 0 Å². The van der Waals surface area contributed by atoms with Crippen LogP contribution in [0.1, 0.15) is 5.69 Å². The number of carboxylic acid groups (broad SMARTS) is 1. The van der Waals surface area contributed by atoms with Crippen molar-refractivity contribution in [2.24, 2.45) is 0 Å². The largest absolute Gasteiger partial charge is 0.497 e. The maximum absolute atomic E-state index is 10.9. The van der Waals surface area contributed by atoms with E-state index in [1.165, 1.54) is 13.3 Å². The van der Waals surface area contributed by atoms with Crippen LogP contribution in [0, 0.1) is 0 Å². The summed E-state index contributed by atoms with van der Waals surface area (Å²) in [4.78, 5) is 19.3. The number of ether oxygens (including phenoxy) is 3. The Morgan fingerprint density at radius 1 is 1.04 bits per heavy atom. The van der Waals surface area contributed by atoms with Gasteiger partial charge in [-0.2, -0.15) is 0 Å². The molecule has 0 spiro atoms. The molecule has 7 heteroatoms. The zero-order valence-corrected chi connectivity index (χ0v) is 13.7. The Morgan fingerprint density at radius 2 is 1.88 bits per heavy atom. The van der Waals surface area contributed by atoms with Crippen molar-refractivity contribution in [1.82, 2.24) is 9.97 Å². The van der Waals surface area contributed by atoms with Gasteiger partial charge in [-0.25, -0.2) is 0 Å². The molecule has 0 amide bonds. The topological polar surface area (TPSA) is 90.8 Å². The van der Waals surface area contributed by atoms with Crippen LogP contribution in [0.15, 0.2) is 42.7 Å². The highest BCUT2D eigenvalue weighted by molar-refractivity contribution is 5.86. The minimum Gasteiger partial charge on any atom is -0.497 e. The van der Waals surface area contributed by atoms with Gasteiger partial charge in [-0.1, -0.05) is 0 Å². The van der Waals surface area contributed by atoms with Crippen LogP contribution in [-0.2, 0) is 11.2 Å². The van der Waals surface area contributed by atoms with Crippen molar-refractivity contribution >= 4 is 16.9 Å². The molecule has 0 unspecified atom stereocenters. The van der Waals surface area contributed by atoms with Gasteiger partial charge in [0.05, 0.1) is 38.0 Å². The van der Waals surface area contributed by atoms with Crippen molar-refractivity contribution in [1.29, 1.82) is 0 Å². The number of pyridine rings is 2. The number of methoxy groups -OCH3 is 2. The summed E-state index contributed by atoms with van der Waals surface area (Å²) in [7, 11) is 3.05. The van der Waals surface area contributed by atoms with Crippen molar-refractivity contribution in [2.75, 3.05) is 14.2 Å². The number of carbonyl (C=O) groups is 1. The van der Waals surface area contributed by atoms with Crippen molar-refractivity contribution in [3.63, 3.8) is 0 Å². The third kappa shape index (κ3) is 3.60. The maximum Gasteiger partial charge on any atom is 0.309 e. The lowest BCUT2D eigenvalue weighted by Crippen LogP contribution is -2.04. The molecule has 3 rings (SSSR count). The lowest BCUT2D eigenvalue weighted by atomic mass is 10.2. The van der Waals surface area contributed by atoms with Crippen LogP contribution in [0.3, 0.4) is 0 Å². The Bertz CT molecular complexity index is 926. The Morgan fingerprint density at radius 3 is 2.60 bits per heavy atom. The fraction of sp³-hybridized carbons (Fsp3) is 0.167. The summed E-state index contributed by atoms with van der Waals surface area (Å²) in [5.41, 5.74) is 1.10. The minimum atomic E-state index is -0.980. The fourth-order valence-corrected chi connectivity index (χ4v) is 2.41. The van der Waals surface area contributed by atoms with Crippen molar-refractivity contribution < 1.29 is 24.1 Å². The van der Waals surface area contributed by atoms with Crippen LogP contribution < -0.4 is 14.2 Å². The Hall–Kier alpha value is -3.35. The average molecular weight is 340 g/mol. The molecule has 25 heavy (non-hydrogen) atoms. The number of nitrogens with zero attached hydrogens (tertiary/aromatic N) is 2. The molecular weight excluding hydrogens is 324 g/mol. The summed E-state index contributed by atoms with van der Waals surface area (Å²) in [6.45, 7) is 0. The van der Waals surface area contributed by atoms with Crippen LogP contribution in [0.4, 0.5) is 0 Å². The third-order valence-corrected chi connectivity index (χ3v) is 3.58. The van der Waals surface area contributed by atoms with Crippen molar-refractivity contribution in [2.45, 2.75) is 6.42 Å². The van der Waals surface area contributed by atoms with Gasteiger partial charge in [0.1, 0.15) is 23.0 Å². The van der Waals surface area contributed by atoms with Gasteiger partial charge < -0.3 is 19.3 Å². The Balaban J connectivity index is 1.97. The molecule has 7 nitrogen and oxygen atoms in total. The molecule has 128 valence electrons. The number of benzene rings is 1. The molecule has 0 aliphatic heterocycles. The second-order valence-corrected chi connectivity index (χ2v) is 5.18. The first-order valence-electron chi connectivity index (χ1n) is 7.46. The molecule has 0 bridgehead atoms. The Labute approximate surface area is 143 Å². The minimum absolute atomic E-state index is 0.223. The summed E-state index contributed by atoms with van der Waals surface area (Å²) < 4.78 is 16.4. The summed E-state index contributed by atoms with van der Waals surface area (Å²) >= 11 is 0. The third-order valence-electron chi connectivity index (χ3n) is 3.58. The van der Waals surface area contributed by atoms with Crippen molar-refractivity contribution in [3.05, 3.63) is 48.4 Å². The van der Waals surface area contributed by atoms with E-state index in [0.29, 0.717) is 28.7 Å². The molecule has 0 saturated heterocycles. The van der Waals surface area contributed by atoms with Gasteiger partial charge in [-0.3, -0.25) is 14.8 Å². The number of aliphatic carboxylic acids is 1. The summed E-state index contributed by atoms with van der Waals surface area (Å²) in [6.07, 6.45) is 2.89. The van der Waals surface area contributed by atoms with E-state index in [1.54, 1.807) is 25.4 Å². The van der Waals surface area contributed by atoms with E-state index >= 15 is 0 Å². The summed E-state index contributed by atoms with van der Waals surface area (Å²) in [5.74, 6) is 1.08. The van der Waals surface area contributed by atoms with Gasteiger partial charge in [0, 0.05) is 17.6 Å². The smallest absolute Gasteiger partial charge is 0.309 e. The number of fused-ring (bicyclic) bond motifs is 1. The molecule has 1 N–H and O–H groups in total. The van der Waals surface area contributed by atoms with Crippen LogP contribution in [0.5, 0.6) is 23.0 Å². The molecular formula is C18H16N2O5. The predicted octanol–water partition coefficient (Wildman–Crippen LogP) is 3.07. The van der Waals surface area contributed by atoms with E-state index in [0.717, 1.165) is 10.9 Å². The SMILES string of the molecule is COc1ccc2nccc(Oc3cnc(CC(=O)O)c(OC)c3)c2c1. The molecule has 2 aromatic heterocycles. The van der Waals surface area contributed by atoms with E-state index in [1.807, 2.05) is 18.2 Å². The monoisotopic (exact) mass is 340 g/mol. The standard InChI is InChI=1S/C18H16N2O5/c1-23-11-3-4-14-13(7-11)16(5-6-19-14)25-12-8-17(24-2)15(20-10-12)9-18(21)22/h3-8,10H,9H2,1-2H3,(H,21,22). The van der Waals surface area contributed by atoms with Gasteiger partial charge in [0.15, 0.2) is 0 Å². The molecule has 0 atom stereocenters. The molecule has 0 aliphatic rings. The first kappa shape index (κ1) is 16.5. The second kappa shape index (κ2) is 7.04. The number of aromatic nitrogens is 2. The lowest BCUT2D eigenvalue weighted by molar-refractivity contribution is -0.136. The van der Waals surface area contributed by atoms with E-state index in [9.17, 15) is 4.79 Å². The highest BCUT2D eigenvalue weighted by Crippen LogP contribution is 2.32. The zero-order valence-electron chi connectivity index (χ0n) is 13.7. The van der Waals surface area contributed by atoms with Crippen LogP contribution in [-0.4, -0.2) is 35.3 Å². The summed E-state index contributed by atoms with van der Waals surface area (Å²) in [5, 5.41) is 9.70. The quantitative estimate of drug-likeness (QED) is 0.737. The Kier molecular flexibility index (Phi) is 4.65. The molecule has 3 aromatic rings. The zero-order chi connectivity index (χ0) is 17.8. The number of rotatable bonds is 6. The van der Waals surface area contributed by atoms with Gasteiger partial charge in [0.2, 0.25) is 0 Å². The van der Waals surface area contributed by atoms with E-state index in [4.69, 9.17) is 19.3 Å². The lowest BCUT2D eigenvalue weighted by Gasteiger charge is -2.12. The average Bonchev–Trinajstić information content (AvgIpc) is 2.62. The van der Waals surface area contributed by atoms with Crippen LogP contribution in [0.2, 0.25) is 0 Å². The van der Waals surface area contributed by atoms with Crippen LogP contribution >= 0.6 is 0 Å². The number of hydrogen-bond donors (Lipinski definition) is 1.